The molecule has 0 radical (unpaired) electrons. The lowest BCUT2D eigenvalue weighted by atomic mass is 9.93. The summed E-state index contributed by atoms with van der Waals surface area (Å²) >= 11 is 0. The zero-order valence-electron chi connectivity index (χ0n) is 16.3. The summed E-state index contributed by atoms with van der Waals surface area (Å²) in [6.45, 7) is 8.09. The van der Waals surface area contributed by atoms with E-state index in [1.165, 1.54) is 0 Å². The SMILES string of the molecule is C=CCN1C(=O)C(C)(C)COc2ccc(NC(=O)c3ccc(OC)cc3)cc21. The van der Waals surface area contributed by atoms with Gasteiger partial charge in [-0.05, 0) is 56.3 Å². The molecule has 6 nitrogen and oxygen atoms in total. The van der Waals surface area contributed by atoms with Gasteiger partial charge in [0.15, 0.2) is 0 Å². The fraction of sp³-hybridized carbons (Fsp3) is 0.273. The summed E-state index contributed by atoms with van der Waals surface area (Å²) in [4.78, 5) is 27.1. The Morgan fingerprint density at radius 2 is 2.00 bits per heavy atom. The predicted octanol–water partition coefficient (Wildman–Crippen LogP) is 3.89. The maximum atomic E-state index is 12.9. The van der Waals surface area contributed by atoms with E-state index in [0.717, 1.165) is 0 Å². The number of hydrogen-bond acceptors (Lipinski definition) is 4. The minimum Gasteiger partial charge on any atom is -0.497 e. The highest BCUT2D eigenvalue weighted by Crippen LogP contribution is 2.38. The van der Waals surface area contributed by atoms with Gasteiger partial charge in [-0.2, -0.15) is 0 Å². The van der Waals surface area contributed by atoms with Crippen molar-refractivity contribution in [2.24, 2.45) is 5.41 Å². The lowest BCUT2D eigenvalue weighted by Gasteiger charge is -2.27. The number of ether oxygens (including phenoxy) is 2. The van der Waals surface area contributed by atoms with E-state index >= 15 is 0 Å². The van der Waals surface area contributed by atoms with Crippen LogP contribution in [-0.2, 0) is 4.79 Å². The van der Waals surface area contributed by atoms with Crippen molar-refractivity contribution in [3.05, 3.63) is 60.7 Å². The summed E-state index contributed by atoms with van der Waals surface area (Å²) in [6, 6.07) is 12.1. The van der Waals surface area contributed by atoms with Crippen molar-refractivity contribution < 1.29 is 19.1 Å². The molecular weight excluding hydrogens is 356 g/mol. The summed E-state index contributed by atoms with van der Waals surface area (Å²) < 4.78 is 11.0. The lowest BCUT2D eigenvalue weighted by Crippen LogP contribution is -2.42. The van der Waals surface area contributed by atoms with Gasteiger partial charge in [-0.1, -0.05) is 6.08 Å². The van der Waals surface area contributed by atoms with Crippen LogP contribution in [0.25, 0.3) is 0 Å². The van der Waals surface area contributed by atoms with Crippen molar-refractivity contribution in [1.29, 1.82) is 0 Å². The molecule has 2 amide bonds. The van der Waals surface area contributed by atoms with Crippen molar-refractivity contribution in [3.8, 4) is 11.5 Å². The first-order chi connectivity index (χ1) is 13.4. The van der Waals surface area contributed by atoms with Gasteiger partial charge in [0.25, 0.3) is 5.91 Å². The molecule has 0 spiro atoms. The number of carbonyl (C=O) groups excluding carboxylic acids is 2. The van der Waals surface area contributed by atoms with Crippen LogP contribution in [0.3, 0.4) is 0 Å². The molecule has 0 fully saturated rings. The van der Waals surface area contributed by atoms with E-state index in [9.17, 15) is 9.59 Å². The molecule has 0 aliphatic carbocycles. The van der Waals surface area contributed by atoms with Gasteiger partial charge >= 0.3 is 0 Å². The van der Waals surface area contributed by atoms with Crippen LogP contribution < -0.4 is 19.7 Å². The molecule has 6 heteroatoms. The predicted molar refractivity (Wildman–Crippen MR) is 109 cm³/mol. The molecule has 0 bridgehead atoms. The van der Waals surface area contributed by atoms with Crippen molar-refractivity contribution in [2.75, 3.05) is 30.5 Å². The van der Waals surface area contributed by atoms with Crippen LogP contribution in [0.2, 0.25) is 0 Å². The van der Waals surface area contributed by atoms with E-state index < -0.39 is 5.41 Å². The van der Waals surface area contributed by atoms with E-state index in [0.29, 0.717) is 35.0 Å². The topological polar surface area (TPSA) is 67.9 Å². The molecule has 1 heterocycles. The summed E-state index contributed by atoms with van der Waals surface area (Å²) in [6.07, 6.45) is 1.67. The normalized spacial score (nSPS) is 15.1. The van der Waals surface area contributed by atoms with E-state index in [-0.39, 0.29) is 18.4 Å². The minimum atomic E-state index is -0.658. The van der Waals surface area contributed by atoms with Gasteiger partial charge < -0.3 is 19.7 Å². The van der Waals surface area contributed by atoms with E-state index in [2.05, 4.69) is 11.9 Å². The number of nitrogens with zero attached hydrogens (tertiary/aromatic N) is 1. The Morgan fingerprint density at radius 1 is 1.29 bits per heavy atom. The summed E-state index contributed by atoms with van der Waals surface area (Å²) in [7, 11) is 1.57. The molecule has 0 saturated carbocycles. The van der Waals surface area contributed by atoms with E-state index in [1.54, 1.807) is 60.6 Å². The quantitative estimate of drug-likeness (QED) is 0.799. The second kappa shape index (κ2) is 7.76. The molecule has 1 aliphatic rings. The third-order valence-corrected chi connectivity index (χ3v) is 4.58. The molecule has 1 N–H and O–H groups in total. The molecule has 0 unspecified atom stereocenters. The number of benzene rings is 2. The number of amides is 2. The third kappa shape index (κ3) is 3.86. The van der Waals surface area contributed by atoms with Gasteiger partial charge in [-0.25, -0.2) is 0 Å². The van der Waals surface area contributed by atoms with Crippen LogP contribution in [0.5, 0.6) is 11.5 Å². The second-order valence-electron chi connectivity index (χ2n) is 7.24. The highest BCUT2D eigenvalue weighted by atomic mass is 16.5. The molecule has 2 aromatic rings. The monoisotopic (exact) mass is 380 g/mol. The first kappa shape index (κ1) is 19.5. The number of methoxy groups -OCH3 is 1. The lowest BCUT2D eigenvalue weighted by molar-refractivity contribution is -0.127. The van der Waals surface area contributed by atoms with Gasteiger partial charge in [-0.15, -0.1) is 6.58 Å². The van der Waals surface area contributed by atoms with Gasteiger partial charge in [0.2, 0.25) is 5.91 Å². The highest BCUT2D eigenvalue weighted by Gasteiger charge is 2.37. The Hall–Kier alpha value is -3.28. The number of rotatable bonds is 5. The number of anilines is 2. The van der Waals surface area contributed by atoms with Gasteiger partial charge in [-0.3, -0.25) is 9.59 Å². The molecule has 146 valence electrons. The third-order valence-electron chi connectivity index (χ3n) is 4.58. The standard InChI is InChI=1S/C22H24N2O4/c1-5-12-24-18-13-16(8-11-19(18)28-14-22(2,3)21(24)26)23-20(25)15-6-9-17(27-4)10-7-15/h5-11,13H,1,12,14H2,2-4H3,(H,23,25). The summed E-state index contributed by atoms with van der Waals surface area (Å²) in [5.41, 5.74) is 1.04. The summed E-state index contributed by atoms with van der Waals surface area (Å²) in [5.74, 6) is 0.979. The van der Waals surface area contributed by atoms with Crippen LogP contribution in [0.4, 0.5) is 11.4 Å². The van der Waals surface area contributed by atoms with Crippen LogP contribution >= 0.6 is 0 Å². The maximum Gasteiger partial charge on any atom is 0.255 e. The average Bonchev–Trinajstić information content (AvgIpc) is 2.78. The van der Waals surface area contributed by atoms with E-state index in [1.807, 2.05) is 13.8 Å². The minimum absolute atomic E-state index is 0.0511. The number of carbonyl (C=O) groups is 2. The summed E-state index contributed by atoms with van der Waals surface area (Å²) in [5, 5.41) is 2.87. The van der Waals surface area contributed by atoms with Crippen LogP contribution in [0, 0.1) is 5.41 Å². The van der Waals surface area contributed by atoms with Crippen LogP contribution in [0.15, 0.2) is 55.1 Å². The number of hydrogen-bond donors (Lipinski definition) is 1. The average molecular weight is 380 g/mol. The molecule has 3 rings (SSSR count). The van der Waals surface area contributed by atoms with Crippen molar-refractivity contribution in [2.45, 2.75) is 13.8 Å². The first-order valence-corrected chi connectivity index (χ1v) is 9.01. The first-order valence-electron chi connectivity index (χ1n) is 9.01. The van der Waals surface area contributed by atoms with Crippen molar-refractivity contribution in [3.63, 3.8) is 0 Å². The second-order valence-corrected chi connectivity index (χ2v) is 7.24. The zero-order chi connectivity index (χ0) is 20.3. The van der Waals surface area contributed by atoms with Gasteiger partial charge in [0.1, 0.15) is 18.1 Å². The number of fused-ring (bicyclic) bond motifs is 1. The van der Waals surface area contributed by atoms with E-state index in [4.69, 9.17) is 9.47 Å². The fourth-order valence-electron chi connectivity index (χ4n) is 2.98. The Balaban J connectivity index is 1.89. The highest BCUT2D eigenvalue weighted by molar-refractivity contribution is 6.05. The zero-order valence-corrected chi connectivity index (χ0v) is 16.3. The Kier molecular flexibility index (Phi) is 5.40. The Morgan fingerprint density at radius 3 is 2.64 bits per heavy atom. The van der Waals surface area contributed by atoms with Crippen molar-refractivity contribution >= 4 is 23.2 Å². The molecule has 2 aromatic carbocycles. The van der Waals surface area contributed by atoms with Gasteiger partial charge in [0.05, 0.1) is 18.2 Å². The molecule has 0 atom stereocenters. The Bertz CT molecular complexity index is 903. The molecular formula is C22H24N2O4. The fourth-order valence-corrected chi connectivity index (χ4v) is 2.98. The Labute approximate surface area is 164 Å². The smallest absolute Gasteiger partial charge is 0.255 e. The maximum absolute atomic E-state index is 12.9. The molecule has 1 aliphatic heterocycles. The molecule has 28 heavy (non-hydrogen) atoms. The van der Waals surface area contributed by atoms with Gasteiger partial charge in [0, 0.05) is 17.8 Å². The number of nitrogens with one attached hydrogen (secondary N) is 1. The largest absolute Gasteiger partial charge is 0.497 e. The van der Waals surface area contributed by atoms with Crippen molar-refractivity contribution in [1.82, 2.24) is 0 Å². The van der Waals surface area contributed by atoms with Crippen LogP contribution in [0.1, 0.15) is 24.2 Å². The van der Waals surface area contributed by atoms with Crippen LogP contribution in [-0.4, -0.2) is 32.1 Å². The molecule has 0 aromatic heterocycles. The molecule has 0 saturated heterocycles.